The van der Waals surface area contributed by atoms with E-state index in [9.17, 15) is 54.3 Å². The zero-order valence-corrected chi connectivity index (χ0v) is 31.4. The van der Waals surface area contributed by atoms with Gasteiger partial charge >= 0.3 is 63.8 Å². The molecule has 0 saturated carbocycles. The third kappa shape index (κ3) is 20.2. The molecular formula is C35H47GdN5O12+3. The van der Waals surface area contributed by atoms with Crippen molar-refractivity contribution < 1.29 is 99.0 Å². The van der Waals surface area contributed by atoms with Crippen molar-refractivity contribution in [1.29, 1.82) is 0 Å². The monoisotopic (exact) mass is 887 g/mol. The van der Waals surface area contributed by atoms with Crippen molar-refractivity contribution in [2.75, 3.05) is 59.0 Å². The van der Waals surface area contributed by atoms with Crippen molar-refractivity contribution in [3.63, 3.8) is 0 Å². The zero-order valence-electron chi connectivity index (χ0n) is 29.1. The number of Topliss-reactive ketones (excluding diaryl/α,β-unsaturated/α-hetero) is 1. The third-order valence-electron chi connectivity index (χ3n) is 7.71. The number of carbonyl (C=O) groups is 6. The number of ketones is 1. The number of nitrogens with two attached hydrogens (primary N) is 1. The molecule has 0 aliphatic heterocycles. The van der Waals surface area contributed by atoms with E-state index in [0.29, 0.717) is 18.4 Å². The van der Waals surface area contributed by atoms with Crippen molar-refractivity contribution in [2.45, 2.75) is 38.1 Å². The molecule has 0 fully saturated rings. The predicted octanol–water partition coefficient (Wildman–Crippen LogP) is 0.0333. The first-order chi connectivity index (χ1) is 24.6. The van der Waals surface area contributed by atoms with E-state index in [4.69, 9.17) is 10.5 Å². The Morgan fingerprint density at radius 3 is 1.79 bits per heavy atom. The molecule has 2 aromatic rings. The molecule has 0 bridgehead atoms. The van der Waals surface area contributed by atoms with Crippen molar-refractivity contribution in [3.8, 4) is 0 Å². The average molecular weight is 887 g/mol. The van der Waals surface area contributed by atoms with E-state index < -0.39 is 74.6 Å². The summed E-state index contributed by atoms with van der Waals surface area (Å²) in [5.74, 6) is -6.71. The Labute approximate surface area is 339 Å². The number of ether oxygens (including phenoxy) is 1. The quantitative estimate of drug-likeness (QED) is 0.0584. The van der Waals surface area contributed by atoms with E-state index in [1.165, 1.54) is 9.80 Å². The fraction of sp³-hybridized carbons (Fsp3) is 0.429. The Hall–Kier alpha value is -3.88. The van der Waals surface area contributed by atoms with Gasteiger partial charge in [-0.3, -0.25) is 43.5 Å². The standard InChI is InChI=1S/C35H47N5O12.Gd/c1-24(41)16-38(18-31(43)44)13-14-39(19-32(45)46)17-29(40(20-33(47)48)21-34(49)50)35(51)37-15-26-7-9-27(10-8-26)22-52-23-30(42)28(36)12-11-25-5-3-2-4-6-25;/h2-10,28-29,41H,1,11-23,36H2,(H,37,51)(H,43,44)(H,45,46)(H,47,48)(H,49,50);/q;+3/t28-,29-;/m1./s1. The minimum absolute atomic E-state index is 0. The summed E-state index contributed by atoms with van der Waals surface area (Å²) >= 11 is 0. The van der Waals surface area contributed by atoms with Gasteiger partial charge in [0.15, 0.2) is 5.78 Å². The van der Waals surface area contributed by atoms with Crippen LogP contribution in [0, 0.1) is 39.9 Å². The summed E-state index contributed by atoms with van der Waals surface area (Å²) in [5.41, 5.74) is 8.47. The van der Waals surface area contributed by atoms with E-state index in [1.54, 1.807) is 24.3 Å². The number of benzene rings is 2. The first-order valence-corrected chi connectivity index (χ1v) is 16.3. The number of hydrogen-bond donors (Lipinski definition) is 7. The number of nitrogens with zero attached hydrogens (tertiary/aromatic N) is 3. The number of carboxylic acid groups (broad SMARTS) is 4. The molecule has 0 spiro atoms. The van der Waals surface area contributed by atoms with E-state index in [-0.39, 0.29) is 90.9 Å². The molecule has 289 valence electrons. The Morgan fingerprint density at radius 2 is 1.25 bits per heavy atom. The van der Waals surface area contributed by atoms with Crippen molar-refractivity contribution in [2.24, 2.45) is 5.73 Å². The molecule has 18 heteroatoms. The van der Waals surface area contributed by atoms with Crippen LogP contribution in [0.15, 0.2) is 66.9 Å². The largest absolute Gasteiger partial charge is 3.00 e. The van der Waals surface area contributed by atoms with Crippen LogP contribution in [0.4, 0.5) is 0 Å². The molecule has 0 aliphatic carbocycles. The number of aliphatic carboxylic acids is 4. The topological polar surface area (TPSA) is 261 Å². The number of rotatable bonds is 27. The van der Waals surface area contributed by atoms with Crippen LogP contribution in [-0.2, 0) is 53.1 Å². The van der Waals surface area contributed by atoms with E-state index in [1.807, 2.05) is 30.3 Å². The smallest absolute Gasteiger partial charge is 0.512 e. The number of carboxylic acids is 4. The summed E-state index contributed by atoms with van der Waals surface area (Å²) in [5, 5.41) is 49.9. The molecule has 0 saturated heterocycles. The van der Waals surface area contributed by atoms with Crippen molar-refractivity contribution >= 4 is 35.6 Å². The molecule has 17 nitrogen and oxygen atoms in total. The maximum atomic E-state index is 13.5. The molecule has 2 atom stereocenters. The van der Waals surface area contributed by atoms with Gasteiger partial charge in [-0.2, -0.15) is 0 Å². The summed E-state index contributed by atoms with van der Waals surface area (Å²) < 4.78 is 5.55. The van der Waals surface area contributed by atoms with Crippen LogP contribution >= 0.6 is 0 Å². The summed E-state index contributed by atoms with van der Waals surface area (Å²) in [6, 6.07) is 14.4. The second-order valence-electron chi connectivity index (χ2n) is 12.1. The fourth-order valence-corrected chi connectivity index (χ4v) is 5.17. The zero-order chi connectivity index (χ0) is 38.6. The van der Waals surface area contributed by atoms with Crippen molar-refractivity contribution in [3.05, 3.63) is 83.6 Å². The fourth-order valence-electron chi connectivity index (χ4n) is 5.17. The van der Waals surface area contributed by atoms with Gasteiger partial charge in [0.25, 0.3) is 0 Å². The number of carbonyl (C=O) groups excluding carboxylic acids is 2. The Balaban J connectivity index is 0.0000140. The van der Waals surface area contributed by atoms with Gasteiger partial charge in [0.1, 0.15) is 12.6 Å². The van der Waals surface area contributed by atoms with Gasteiger partial charge in [-0.05, 0) is 29.5 Å². The first-order valence-electron chi connectivity index (χ1n) is 16.3. The minimum Gasteiger partial charge on any atom is -0.512 e. The number of aryl methyl sites for hydroxylation is 1. The SMILES string of the molecule is C=C(O)CN(CCN(CC(=O)O)C[C@H](C(=O)NCc1ccc(COCC(=O)[C@H](N)CCc2ccccc2)cc1)N(CC(=O)O)CC(=O)O)CC(=O)O.[Gd+3]. The van der Waals surface area contributed by atoms with Crippen LogP contribution in [0.2, 0.25) is 0 Å². The van der Waals surface area contributed by atoms with Crippen LogP contribution in [-0.4, -0.2) is 147 Å². The van der Waals surface area contributed by atoms with E-state index in [0.717, 1.165) is 16.0 Å². The Kier molecular flexibility index (Phi) is 22.4. The van der Waals surface area contributed by atoms with Crippen LogP contribution in [0.1, 0.15) is 23.1 Å². The third-order valence-corrected chi connectivity index (χ3v) is 7.71. The number of amides is 1. The first kappa shape index (κ1) is 47.1. The molecule has 53 heavy (non-hydrogen) atoms. The predicted molar refractivity (Wildman–Crippen MR) is 186 cm³/mol. The minimum atomic E-state index is -1.45. The van der Waals surface area contributed by atoms with Gasteiger partial charge in [0, 0.05) is 26.2 Å². The maximum absolute atomic E-state index is 13.5. The van der Waals surface area contributed by atoms with Gasteiger partial charge in [0.2, 0.25) is 5.91 Å². The molecule has 2 rings (SSSR count). The second kappa shape index (κ2) is 25.2. The van der Waals surface area contributed by atoms with Gasteiger partial charge in [-0.25, -0.2) is 0 Å². The number of hydrogen-bond acceptors (Lipinski definition) is 12. The second-order valence-corrected chi connectivity index (χ2v) is 12.1. The maximum Gasteiger partial charge on any atom is 3.00 e. The Morgan fingerprint density at radius 1 is 0.717 bits per heavy atom. The van der Waals surface area contributed by atoms with Crippen molar-refractivity contribution in [1.82, 2.24) is 20.0 Å². The van der Waals surface area contributed by atoms with Crippen LogP contribution in [0.5, 0.6) is 0 Å². The molecule has 0 heterocycles. The number of aliphatic hydroxyl groups excluding tert-OH is 1. The van der Waals surface area contributed by atoms with Gasteiger partial charge in [-0.1, -0.05) is 61.2 Å². The Bertz CT molecular complexity index is 1480. The molecular weight excluding hydrogens is 840 g/mol. The number of nitrogens with one attached hydrogen (secondary N) is 1. The normalized spacial score (nSPS) is 12.2. The van der Waals surface area contributed by atoms with Gasteiger partial charge < -0.3 is 41.3 Å². The van der Waals surface area contributed by atoms with Crippen LogP contribution in [0.3, 0.4) is 0 Å². The number of aliphatic hydroxyl groups is 1. The molecule has 8 N–H and O–H groups in total. The summed E-state index contributed by atoms with van der Waals surface area (Å²) in [6.45, 7) is -0.493. The summed E-state index contributed by atoms with van der Waals surface area (Å²) in [4.78, 5) is 75.6. The summed E-state index contributed by atoms with van der Waals surface area (Å²) in [7, 11) is 0. The van der Waals surface area contributed by atoms with Gasteiger partial charge in [-0.15, -0.1) is 0 Å². The summed E-state index contributed by atoms with van der Waals surface area (Å²) in [6.07, 6.45) is 1.15. The van der Waals surface area contributed by atoms with Gasteiger partial charge in [0.05, 0.1) is 51.1 Å². The van der Waals surface area contributed by atoms with Crippen LogP contribution < -0.4 is 11.1 Å². The molecule has 0 aromatic heterocycles. The van der Waals surface area contributed by atoms with Crippen LogP contribution in [0.25, 0.3) is 0 Å². The average Bonchev–Trinajstić information content (AvgIpc) is 3.06. The van der Waals surface area contributed by atoms with E-state index in [2.05, 4.69) is 11.9 Å². The molecule has 1 amide bonds. The van der Waals surface area contributed by atoms with E-state index >= 15 is 0 Å². The molecule has 1 radical (unpaired) electrons. The molecule has 0 unspecified atom stereocenters. The molecule has 2 aromatic carbocycles. The molecule has 0 aliphatic rings.